The molecule has 84 valence electrons. The maximum atomic E-state index is 11.7. The van der Waals surface area contributed by atoms with Gasteiger partial charge in [0.1, 0.15) is 0 Å². The summed E-state index contributed by atoms with van der Waals surface area (Å²) in [6.07, 6.45) is 1.96. The number of carbonyl (C=O) groups is 1. The van der Waals surface area contributed by atoms with E-state index in [0.717, 1.165) is 19.4 Å². The standard InChI is InChI=1S/C12H25NO/c1-7-11(3,4)9-13-10(14)12(5,6)8-2/h7-9H2,1-6H3,(H,13,14). The first-order valence-electron chi connectivity index (χ1n) is 5.53. The zero-order valence-corrected chi connectivity index (χ0v) is 10.5. The largest absolute Gasteiger partial charge is 0.355 e. The Labute approximate surface area is 88.5 Å². The smallest absolute Gasteiger partial charge is 0.225 e. The highest BCUT2D eigenvalue weighted by atomic mass is 16.2. The van der Waals surface area contributed by atoms with Crippen molar-refractivity contribution in [3.05, 3.63) is 0 Å². The van der Waals surface area contributed by atoms with E-state index in [-0.39, 0.29) is 16.7 Å². The minimum Gasteiger partial charge on any atom is -0.355 e. The number of nitrogens with one attached hydrogen (secondary N) is 1. The first-order valence-corrected chi connectivity index (χ1v) is 5.53. The van der Waals surface area contributed by atoms with Gasteiger partial charge in [0.15, 0.2) is 0 Å². The van der Waals surface area contributed by atoms with Crippen molar-refractivity contribution < 1.29 is 4.79 Å². The number of hydrogen-bond donors (Lipinski definition) is 1. The predicted molar refractivity (Wildman–Crippen MR) is 61.2 cm³/mol. The van der Waals surface area contributed by atoms with E-state index in [1.165, 1.54) is 0 Å². The van der Waals surface area contributed by atoms with Crippen molar-refractivity contribution in [1.82, 2.24) is 5.32 Å². The number of hydrogen-bond acceptors (Lipinski definition) is 1. The second-order valence-electron chi connectivity index (χ2n) is 5.44. The molecular formula is C12H25NO. The molecule has 0 aliphatic rings. The molecule has 0 aromatic carbocycles. The highest BCUT2D eigenvalue weighted by molar-refractivity contribution is 5.81. The van der Waals surface area contributed by atoms with E-state index >= 15 is 0 Å². The van der Waals surface area contributed by atoms with E-state index < -0.39 is 0 Å². The third kappa shape index (κ3) is 4.12. The van der Waals surface area contributed by atoms with E-state index in [1.807, 2.05) is 20.8 Å². The Morgan fingerprint density at radius 3 is 1.93 bits per heavy atom. The van der Waals surface area contributed by atoms with E-state index in [4.69, 9.17) is 0 Å². The summed E-state index contributed by atoms with van der Waals surface area (Å²) < 4.78 is 0. The third-order valence-electron chi connectivity index (χ3n) is 3.18. The molecule has 0 fully saturated rings. The molecule has 0 unspecified atom stereocenters. The predicted octanol–water partition coefficient (Wildman–Crippen LogP) is 2.98. The van der Waals surface area contributed by atoms with Gasteiger partial charge in [0, 0.05) is 12.0 Å². The molecule has 0 aliphatic heterocycles. The van der Waals surface area contributed by atoms with Gasteiger partial charge in [0.2, 0.25) is 5.91 Å². The quantitative estimate of drug-likeness (QED) is 0.724. The summed E-state index contributed by atoms with van der Waals surface area (Å²) in [6, 6.07) is 0. The number of amides is 1. The molecule has 2 nitrogen and oxygen atoms in total. The van der Waals surface area contributed by atoms with Crippen molar-refractivity contribution in [3.63, 3.8) is 0 Å². The lowest BCUT2D eigenvalue weighted by Crippen LogP contribution is -2.41. The maximum absolute atomic E-state index is 11.7. The maximum Gasteiger partial charge on any atom is 0.225 e. The van der Waals surface area contributed by atoms with Crippen molar-refractivity contribution in [2.75, 3.05) is 6.54 Å². The average molecular weight is 199 g/mol. The second kappa shape index (κ2) is 4.81. The van der Waals surface area contributed by atoms with Gasteiger partial charge in [-0.1, -0.05) is 41.5 Å². The SMILES string of the molecule is CCC(C)(C)CNC(=O)C(C)(C)CC. The zero-order valence-electron chi connectivity index (χ0n) is 10.5. The molecule has 0 radical (unpaired) electrons. The summed E-state index contributed by atoms with van der Waals surface area (Å²) >= 11 is 0. The van der Waals surface area contributed by atoms with Crippen LogP contribution in [0, 0.1) is 10.8 Å². The van der Waals surface area contributed by atoms with Crippen molar-refractivity contribution in [2.24, 2.45) is 10.8 Å². The van der Waals surface area contributed by atoms with E-state index in [9.17, 15) is 4.79 Å². The molecule has 0 aliphatic carbocycles. The Morgan fingerprint density at radius 1 is 1.07 bits per heavy atom. The number of carbonyl (C=O) groups excluding carboxylic acids is 1. The topological polar surface area (TPSA) is 29.1 Å². The summed E-state index contributed by atoms with van der Waals surface area (Å²) in [5, 5.41) is 3.03. The van der Waals surface area contributed by atoms with Crippen LogP contribution in [0.1, 0.15) is 54.4 Å². The summed E-state index contributed by atoms with van der Waals surface area (Å²) in [7, 11) is 0. The molecule has 2 heteroatoms. The van der Waals surface area contributed by atoms with Crippen LogP contribution in [-0.2, 0) is 4.79 Å². The van der Waals surface area contributed by atoms with Crippen molar-refractivity contribution in [1.29, 1.82) is 0 Å². The van der Waals surface area contributed by atoms with Gasteiger partial charge in [-0.3, -0.25) is 4.79 Å². The fourth-order valence-electron chi connectivity index (χ4n) is 0.844. The fourth-order valence-corrected chi connectivity index (χ4v) is 0.844. The van der Waals surface area contributed by atoms with Gasteiger partial charge in [-0.15, -0.1) is 0 Å². The normalized spacial score (nSPS) is 12.7. The van der Waals surface area contributed by atoms with Crippen LogP contribution in [0.5, 0.6) is 0 Å². The number of rotatable bonds is 5. The van der Waals surface area contributed by atoms with Crippen molar-refractivity contribution >= 4 is 5.91 Å². The van der Waals surface area contributed by atoms with Crippen LogP contribution in [0.2, 0.25) is 0 Å². The Kier molecular flexibility index (Phi) is 4.63. The highest BCUT2D eigenvalue weighted by Crippen LogP contribution is 2.22. The molecule has 0 spiro atoms. The average Bonchev–Trinajstić information content (AvgIpc) is 2.14. The van der Waals surface area contributed by atoms with Crippen LogP contribution >= 0.6 is 0 Å². The molecule has 0 heterocycles. The van der Waals surface area contributed by atoms with E-state index in [2.05, 4.69) is 26.1 Å². The fraction of sp³-hybridized carbons (Fsp3) is 0.917. The molecule has 0 aromatic heterocycles. The molecule has 14 heavy (non-hydrogen) atoms. The molecule has 0 saturated heterocycles. The van der Waals surface area contributed by atoms with Crippen LogP contribution in [-0.4, -0.2) is 12.5 Å². The molecule has 1 N–H and O–H groups in total. The van der Waals surface area contributed by atoms with Crippen LogP contribution in [0.15, 0.2) is 0 Å². The zero-order chi connectivity index (χ0) is 11.4. The van der Waals surface area contributed by atoms with Gasteiger partial charge >= 0.3 is 0 Å². The van der Waals surface area contributed by atoms with Crippen LogP contribution in [0.4, 0.5) is 0 Å². The lowest BCUT2D eigenvalue weighted by molar-refractivity contribution is -0.129. The van der Waals surface area contributed by atoms with Crippen LogP contribution < -0.4 is 5.32 Å². The molecule has 0 bridgehead atoms. The van der Waals surface area contributed by atoms with E-state index in [1.54, 1.807) is 0 Å². The Morgan fingerprint density at radius 2 is 1.57 bits per heavy atom. The van der Waals surface area contributed by atoms with Gasteiger partial charge in [-0.05, 0) is 18.3 Å². The van der Waals surface area contributed by atoms with Crippen molar-refractivity contribution in [2.45, 2.75) is 54.4 Å². The summed E-state index contributed by atoms with van der Waals surface area (Å²) in [6.45, 7) is 13.3. The lowest BCUT2D eigenvalue weighted by atomic mass is 9.87. The molecule has 0 saturated carbocycles. The lowest BCUT2D eigenvalue weighted by Gasteiger charge is -2.27. The summed E-state index contributed by atoms with van der Waals surface area (Å²) in [5.41, 5.74) is -0.0245. The Balaban J connectivity index is 4.10. The molecule has 1 amide bonds. The first-order chi connectivity index (χ1) is 6.25. The van der Waals surface area contributed by atoms with Crippen LogP contribution in [0.3, 0.4) is 0 Å². The van der Waals surface area contributed by atoms with Crippen molar-refractivity contribution in [3.8, 4) is 0 Å². The molecular weight excluding hydrogens is 174 g/mol. The molecule has 0 aromatic rings. The minimum atomic E-state index is -0.232. The van der Waals surface area contributed by atoms with Gasteiger partial charge < -0.3 is 5.32 Å². The summed E-state index contributed by atoms with van der Waals surface area (Å²) in [5.74, 6) is 0.168. The Hall–Kier alpha value is -0.530. The third-order valence-corrected chi connectivity index (χ3v) is 3.18. The van der Waals surface area contributed by atoms with Crippen LogP contribution in [0.25, 0.3) is 0 Å². The Bertz CT molecular complexity index is 194. The second-order valence-corrected chi connectivity index (χ2v) is 5.44. The van der Waals surface area contributed by atoms with Gasteiger partial charge in [0.25, 0.3) is 0 Å². The monoisotopic (exact) mass is 199 g/mol. The van der Waals surface area contributed by atoms with Gasteiger partial charge in [0.05, 0.1) is 0 Å². The van der Waals surface area contributed by atoms with E-state index in [0.29, 0.717) is 0 Å². The molecule has 0 atom stereocenters. The minimum absolute atomic E-state index is 0.168. The first kappa shape index (κ1) is 13.5. The molecule has 0 rings (SSSR count). The van der Waals surface area contributed by atoms with Gasteiger partial charge in [-0.2, -0.15) is 0 Å². The highest BCUT2D eigenvalue weighted by Gasteiger charge is 2.26. The summed E-state index contributed by atoms with van der Waals surface area (Å²) in [4.78, 5) is 11.7. The van der Waals surface area contributed by atoms with Gasteiger partial charge in [-0.25, -0.2) is 0 Å².